The van der Waals surface area contributed by atoms with Crippen LogP contribution in [-0.4, -0.2) is 9.97 Å². The summed E-state index contributed by atoms with van der Waals surface area (Å²) in [4.78, 5) is 7.66. The molecule has 3 heteroatoms. The Morgan fingerprint density at radius 1 is 1.67 bits per heavy atom. The zero-order valence-corrected chi connectivity index (χ0v) is 5.16. The zero-order chi connectivity index (χ0) is 6.69. The standard InChI is InChI=1S/C6H7N2O/c1-5-3-4-7-6(8-5)9-2/h3-4H,2H2,1H3. The van der Waals surface area contributed by atoms with E-state index in [-0.39, 0.29) is 0 Å². The molecule has 0 saturated heterocycles. The lowest BCUT2D eigenvalue weighted by Crippen LogP contribution is -1.89. The maximum absolute atomic E-state index is 4.52. The summed E-state index contributed by atoms with van der Waals surface area (Å²) in [6, 6.07) is 2.11. The Morgan fingerprint density at radius 3 is 2.89 bits per heavy atom. The molecule has 1 rings (SSSR count). The second-order valence-corrected chi connectivity index (χ2v) is 1.62. The number of nitrogens with zero attached hydrogens (tertiary/aromatic N) is 2. The van der Waals surface area contributed by atoms with Crippen molar-refractivity contribution in [3.63, 3.8) is 0 Å². The van der Waals surface area contributed by atoms with E-state index in [1.165, 1.54) is 0 Å². The number of hydrogen-bond acceptors (Lipinski definition) is 3. The van der Waals surface area contributed by atoms with Crippen LogP contribution in [0.4, 0.5) is 0 Å². The number of ether oxygens (including phenoxy) is 1. The Hall–Kier alpha value is -1.12. The Kier molecular flexibility index (Phi) is 1.63. The Morgan fingerprint density at radius 2 is 2.44 bits per heavy atom. The molecule has 0 aliphatic carbocycles. The highest BCUT2D eigenvalue weighted by molar-refractivity contribution is 5.02. The minimum absolute atomic E-state index is 0.315. The van der Waals surface area contributed by atoms with Crippen LogP contribution in [0.5, 0.6) is 6.01 Å². The zero-order valence-electron chi connectivity index (χ0n) is 5.16. The molecule has 0 spiro atoms. The highest BCUT2D eigenvalue weighted by Gasteiger charge is 1.90. The van der Waals surface area contributed by atoms with E-state index in [4.69, 9.17) is 0 Å². The smallest absolute Gasteiger partial charge is 0.316 e. The number of aromatic nitrogens is 2. The summed E-state index contributed by atoms with van der Waals surface area (Å²) in [5, 5.41) is 0. The van der Waals surface area contributed by atoms with E-state index in [1.807, 2.05) is 6.92 Å². The van der Waals surface area contributed by atoms with E-state index >= 15 is 0 Å². The van der Waals surface area contributed by atoms with Crippen LogP contribution in [-0.2, 0) is 0 Å². The fraction of sp³-hybridized carbons (Fsp3) is 0.167. The van der Waals surface area contributed by atoms with Crippen LogP contribution >= 0.6 is 0 Å². The monoisotopic (exact) mass is 123 g/mol. The van der Waals surface area contributed by atoms with Gasteiger partial charge in [-0.1, -0.05) is 0 Å². The normalized spacial score (nSPS) is 9.11. The van der Waals surface area contributed by atoms with Gasteiger partial charge in [0.15, 0.2) is 0 Å². The maximum Gasteiger partial charge on any atom is 0.316 e. The predicted octanol–water partition coefficient (Wildman–Crippen LogP) is 0.955. The van der Waals surface area contributed by atoms with Crippen molar-refractivity contribution >= 4 is 0 Å². The Balaban J connectivity index is 2.94. The van der Waals surface area contributed by atoms with Gasteiger partial charge in [0.2, 0.25) is 0 Å². The molecular formula is C6H7N2O. The molecule has 0 unspecified atom stereocenters. The maximum atomic E-state index is 4.52. The van der Waals surface area contributed by atoms with Crippen molar-refractivity contribution < 1.29 is 4.74 Å². The van der Waals surface area contributed by atoms with Gasteiger partial charge >= 0.3 is 6.01 Å². The molecule has 0 aliphatic heterocycles. The van der Waals surface area contributed by atoms with E-state index in [0.717, 1.165) is 5.69 Å². The summed E-state index contributed by atoms with van der Waals surface area (Å²) < 4.78 is 4.52. The molecule has 0 bridgehead atoms. The average molecular weight is 123 g/mol. The molecule has 1 radical (unpaired) electrons. The van der Waals surface area contributed by atoms with E-state index < -0.39 is 0 Å². The fourth-order valence-corrected chi connectivity index (χ4v) is 0.495. The van der Waals surface area contributed by atoms with Gasteiger partial charge in [-0.25, -0.2) is 9.97 Å². The lowest BCUT2D eigenvalue weighted by molar-refractivity contribution is 0.431. The molecular weight excluding hydrogens is 116 g/mol. The van der Waals surface area contributed by atoms with Crippen LogP contribution in [0.1, 0.15) is 5.69 Å². The Bertz CT molecular complexity index is 200. The molecule has 0 aliphatic rings. The molecule has 0 atom stereocenters. The van der Waals surface area contributed by atoms with Gasteiger partial charge in [0.25, 0.3) is 0 Å². The Labute approximate surface area is 53.7 Å². The quantitative estimate of drug-likeness (QED) is 0.557. The number of hydrogen-bond donors (Lipinski definition) is 0. The molecule has 1 aromatic rings. The van der Waals surface area contributed by atoms with Gasteiger partial charge in [-0.05, 0) is 13.0 Å². The van der Waals surface area contributed by atoms with Crippen molar-refractivity contribution in [1.82, 2.24) is 9.97 Å². The second-order valence-electron chi connectivity index (χ2n) is 1.62. The second kappa shape index (κ2) is 2.44. The molecule has 9 heavy (non-hydrogen) atoms. The molecule has 0 saturated carbocycles. The number of aryl methyl sites for hydroxylation is 1. The van der Waals surface area contributed by atoms with Crippen molar-refractivity contribution in [2.45, 2.75) is 6.92 Å². The molecule has 47 valence electrons. The summed E-state index contributed by atoms with van der Waals surface area (Å²) in [5.41, 5.74) is 0.878. The summed E-state index contributed by atoms with van der Waals surface area (Å²) in [6.07, 6.45) is 1.63. The minimum Gasteiger partial charge on any atom is -0.460 e. The molecule has 1 aromatic heterocycles. The van der Waals surface area contributed by atoms with Gasteiger partial charge in [-0.15, -0.1) is 0 Å². The topological polar surface area (TPSA) is 35.0 Å². The lowest BCUT2D eigenvalue weighted by atomic mass is 10.5. The highest BCUT2D eigenvalue weighted by atomic mass is 16.5. The highest BCUT2D eigenvalue weighted by Crippen LogP contribution is 1.99. The van der Waals surface area contributed by atoms with Crippen molar-refractivity contribution in [2.24, 2.45) is 0 Å². The van der Waals surface area contributed by atoms with Gasteiger partial charge < -0.3 is 4.74 Å². The fourth-order valence-electron chi connectivity index (χ4n) is 0.495. The van der Waals surface area contributed by atoms with Gasteiger partial charge in [0.1, 0.15) is 7.11 Å². The van der Waals surface area contributed by atoms with Crippen LogP contribution < -0.4 is 4.74 Å². The first-order valence-electron chi connectivity index (χ1n) is 2.54. The van der Waals surface area contributed by atoms with Crippen LogP contribution in [0.2, 0.25) is 0 Å². The molecule has 3 nitrogen and oxygen atoms in total. The van der Waals surface area contributed by atoms with E-state index in [1.54, 1.807) is 12.3 Å². The van der Waals surface area contributed by atoms with Crippen molar-refractivity contribution in [2.75, 3.05) is 0 Å². The first-order valence-corrected chi connectivity index (χ1v) is 2.54. The van der Waals surface area contributed by atoms with Gasteiger partial charge in [-0.3, -0.25) is 0 Å². The molecule has 0 N–H and O–H groups in total. The van der Waals surface area contributed by atoms with Gasteiger partial charge in [-0.2, -0.15) is 0 Å². The SMILES string of the molecule is [CH2]Oc1nccc(C)n1. The molecule has 0 aromatic carbocycles. The first kappa shape index (κ1) is 6.01. The van der Waals surface area contributed by atoms with E-state index in [9.17, 15) is 0 Å². The van der Waals surface area contributed by atoms with Gasteiger partial charge in [0, 0.05) is 11.9 Å². The summed E-state index contributed by atoms with van der Waals surface area (Å²) in [5.74, 6) is 0. The lowest BCUT2D eigenvalue weighted by Gasteiger charge is -1.94. The van der Waals surface area contributed by atoms with Gasteiger partial charge in [0.05, 0.1) is 0 Å². The largest absolute Gasteiger partial charge is 0.460 e. The van der Waals surface area contributed by atoms with Crippen LogP contribution in [0.15, 0.2) is 12.3 Å². The van der Waals surface area contributed by atoms with Crippen molar-refractivity contribution in [1.29, 1.82) is 0 Å². The first-order chi connectivity index (χ1) is 4.33. The average Bonchev–Trinajstić information content (AvgIpc) is 1.88. The summed E-state index contributed by atoms with van der Waals surface area (Å²) >= 11 is 0. The van der Waals surface area contributed by atoms with E-state index in [0.29, 0.717) is 6.01 Å². The summed E-state index contributed by atoms with van der Waals surface area (Å²) in [6.45, 7) is 1.87. The third-order valence-electron chi connectivity index (χ3n) is 0.902. The minimum atomic E-state index is 0.315. The summed E-state index contributed by atoms with van der Waals surface area (Å²) in [7, 11) is 3.17. The third-order valence-corrected chi connectivity index (χ3v) is 0.902. The molecule has 0 fully saturated rings. The number of rotatable bonds is 1. The van der Waals surface area contributed by atoms with Crippen LogP contribution in [0.25, 0.3) is 0 Å². The van der Waals surface area contributed by atoms with Crippen molar-refractivity contribution in [3.8, 4) is 6.01 Å². The van der Waals surface area contributed by atoms with Crippen molar-refractivity contribution in [3.05, 3.63) is 25.1 Å². The predicted molar refractivity (Wildman–Crippen MR) is 32.8 cm³/mol. The molecule has 1 heterocycles. The molecule has 0 amide bonds. The van der Waals surface area contributed by atoms with Crippen LogP contribution in [0, 0.1) is 14.0 Å². The van der Waals surface area contributed by atoms with E-state index in [2.05, 4.69) is 21.8 Å². The third kappa shape index (κ3) is 1.38. The van der Waals surface area contributed by atoms with Crippen LogP contribution in [0.3, 0.4) is 0 Å².